The molecule has 2 atom stereocenters. The van der Waals surface area contributed by atoms with E-state index in [1.807, 2.05) is 56.3 Å². The number of allylic oxidation sites excluding steroid dienone is 1. The summed E-state index contributed by atoms with van der Waals surface area (Å²) in [5, 5.41) is 3.95. The maximum absolute atomic E-state index is 14.4. The topological polar surface area (TPSA) is 12.0 Å². The average Bonchev–Trinajstić information content (AvgIpc) is 3.28. The van der Waals surface area contributed by atoms with Gasteiger partial charge in [-0.1, -0.05) is 60.1 Å². The van der Waals surface area contributed by atoms with Gasteiger partial charge >= 0.3 is 0 Å². The Morgan fingerprint density at radius 3 is 2.37 bits per heavy atom. The molecule has 0 spiro atoms. The highest BCUT2D eigenvalue weighted by molar-refractivity contribution is 6.52. The van der Waals surface area contributed by atoms with E-state index in [9.17, 15) is 4.39 Å². The van der Waals surface area contributed by atoms with Crippen molar-refractivity contribution in [1.82, 2.24) is 0 Å². The highest BCUT2D eigenvalue weighted by Crippen LogP contribution is 2.67. The van der Waals surface area contributed by atoms with Crippen molar-refractivity contribution in [2.45, 2.75) is 24.1 Å². The van der Waals surface area contributed by atoms with E-state index in [1.54, 1.807) is 12.1 Å². The molecule has 0 aliphatic heterocycles. The van der Waals surface area contributed by atoms with Gasteiger partial charge in [0.2, 0.25) is 0 Å². The highest BCUT2D eigenvalue weighted by Gasteiger charge is 2.65. The van der Waals surface area contributed by atoms with Crippen LogP contribution in [0.3, 0.4) is 0 Å². The SMILES string of the molecule is C=C(Nc1ccc(F)c(-c2ccc(C)cc2)c1)C1C(c2ccc(C)c(Cl)c2)C1(Cl)Cl. The van der Waals surface area contributed by atoms with Crippen molar-refractivity contribution in [2.24, 2.45) is 5.92 Å². The molecule has 1 N–H and O–H groups in total. The number of hydrogen-bond acceptors (Lipinski definition) is 1. The first-order valence-corrected chi connectivity index (χ1v) is 10.8. The van der Waals surface area contributed by atoms with Crippen LogP contribution in [0.25, 0.3) is 11.1 Å². The van der Waals surface area contributed by atoms with Crippen LogP contribution in [0.5, 0.6) is 0 Å². The third-order valence-electron chi connectivity index (χ3n) is 5.62. The molecular formula is C25H21Cl3FN. The Morgan fingerprint density at radius 2 is 1.70 bits per heavy atom. The molecule has 1 fully saturated rings. The monoisotopic (exact) mass is 459 g/mol. The number of anilines is 1. The zero-order chi connectivity index (χ0) is 21.6. The molecule has 154 valence electrons. The minimum atomic E-state index is -0.970. The zero-order valence-electron chi connectivity index (χ0n) is 16.6. The second kappa shape index (κ2) is 7.92. The molecule has 1 saturated carbocycles. The molecule has 0 saturated heterocycles. The minimum absolute atomic E-state index is 0.115. The van der Waals surface area contributed by atoms with E-state index in [-0.39, 0.29) is 17.7 Å². The first-order chi connectivity index (χ1) is 14.2. The van der Waals surface area contributed by atoms with Gasteiger partial charge < -0.3 is 5.32 Å². The van der Waals surface area contributed by atoms with E-state index >= 15 is 0 Å². The van der Waals surface area contributed by atoms with E-state index < -0.39 is 4.33 Å². The van der Waals surface area contributed by atoms with Gasteiger partial charge in [0.15, 0.2) is 0 Å². The summed E-state index contributed by atoms with van der Waals surface area (Å²) < 4.78 is 13.5. The summed E-state index contributed by atoms with van der Waals surface area (Å²) in [5.41, 5.74) is 5.85. The lowest BCUT2D eigenvalue weighted by Crippen LogP contribution is -2.04. The number of benzene rings is 3. The van der Waals surface area contributed by atoms with E-state index in [2.05, 4.69) is 11.9 Å². The maximum Gasteiger partial charge on any atom is 0.134 e. The van der Waals surface area contributed by atoms with Gasteiger partial charge in [0, 0.05) is 33.8 Å². The van der Waals surface area contributed by atoms with E-state index in [4.69, 9.17) is 34.8 Å². The molecular weight excluding hydrogens is 440 g/mol. The molecule has 2 unspecified atom stereocenters. The Kier molecular flexibility index (Phi) is 5.61. The molecule has 0 aromatic heterocycles. The zero-order valence-corrected chi connectivity index (χ0v) is 18.9. The fourth-order valence-corrected chi connectivity index (χ4v) is 4.88. The highest BCUT2D eigenvalue weighted by atomic mass is 35.5. The van der Waals surface area contributed by atoms with E-state index in [1.165, 1.54) is 6.07 Å². The summed E-state index contributed by atoms with van der Waals surface area (Å²) in [7, 11) is 0. The summed E-state index contributed by atoms with van der Waals surface area (Å²) in [6.45, 7) is 8.10. The summed E-state index contributed by atoms with van der Waals surface area (Å²) in [5.74, 6) is -0.582. The fourth-order valence-electron chi connectivity index (χ4n) is 3.80. The quantitative estimate of drug-likeness (QED) is 0.378. The molecule has 1 nitrogen and oxygen atoms in total. The maximum atomic E-state index is 14.4. The molecule has 4 rings (SSSR count). The number of nitrogens with one attached hydrogen (secondary N) is 1. The van der Waals surface area contributed by atoms with Crippen LogP contribution in [0.1, 0.15) is 22.6 Å². The molecule has 0 bridgehead atoms. The van der Waals surface area contributed by atoms with Crippen LogP contribution in [0.4, 0.5) is 10.1 Å². The van der Waals surface area contributed by atoms with Crippen LogP contribution in [-0.4, -0.2) is 4.33 Å². The molecule has 1 aliphatic carbocycles. The van der Waals surface area contributed by atoms with Crippen molar-refractivity contribution in [3.05, 3.63) is 100 Å². The van der Waals surface area contributed by atoms with Crippen molar-refractivity contribution in [3.8, 4) is 11.1 Å². The number of alkyl halides is 2. The van der Waals surface area contributed by atoms with Gasteiger partial charge in [0.05, 0.1) is 0 Å². The molecule has 3 aromatic rings. The number of hydrogen-bond donors (Lipinski definition) is 1. The van der Waals surface area contributed by atoms with Gasteiger partial charge in [-0.2, -0.15) is 0 Å². The smallest absolute Gasteiger partial charge is 0.134 e. The Morgan fingerprint density at radius 1 is 1.00 bits per heavy atom. The Hall–Kier alpha value is -2.00. The second-order valence-corrected chi connectivity index (χ2v) is 9.70. The van der Waals surface area contributed by atoms with E-state index in [0.717, 1.165) is 27.9 Å². The summed E-state index contributed by atoms with van der Waals surface area (Å²) in [6, 6.07) is 18.5. The minimum Gasteiger partial charge on any atom is -0.359 e. The number of halogens is 4. The van der Waals surface area contributed by atoms with Gasteiger partial charge in [0.1, 0.15) is 10.2 Å². The van der Waals surface area contributed by atoms with Crippen molar-refractivity contribution in [1.29, 1.82) is 0 Å². The van der Waals surface area contributed by atoms with Crippen molar-refractivity contribution < 1.29 is 4.39 Å². The molecule has 5 heteroatoms. The number of aryl methyl sites for hydroxylation is 2. The van der Waals surface area contributed by atoms with Crippen molar-refractivity contribution in [2.75, 3.05) is 5.32 Å². The van der Waals surface area contributed by atoms with Gasteiger partial charge in [-0.3, -0.25) is 0 Å². The van der Waals surface area contributed by atoms with Gasteiger partial charge in [0.25, 0.3) is 0 Å². The van der Waals surface area contributed by atoms with Gasteiger partial charge in [-0.05, 0) is 54.8 Å². The predicted octanol–water partition coefficient (Wildman–Crippen LogP) is 8.28. The molecule has 0 heterocycles. The third-order valence-corrected chi connectivity index (χ3v) is 6.97. The Balaban J connectivity index is 1.56. The average molecular weight is 461 g/mol. The Bertz CT molecular complexity index is 1120. The van der Waals surface area contributed by atoms with Crippen LogP contribution in [0, 0.1) is 25.6 Å². The first kappa shape index (κ1) is 21.2. The molecule has 0 amide bonds. The molecule has 0 radical (unpaired) electrons. The largest absolute Gasteiger partial charge is 0.359 e. The van der Waals surface area contributed by atoms with Gasteiger partial charge in [-0.15, -0.1) is 23.2 Å². The van der Waals surface area contributed by atoms with Crippen molar-refractivity contribution >= 4 is 40.5 Å². The van der Waals surface area contributed by atoms with Crippen LogP contribution >= 0.6 is 34.8 Å². The van der Waals surface area contributed by atoms with Crippen LogP contribution < -0.4 is 5.32 Å². The van der Waals surface area contributed by atoms with Crippen molar-refractivity contribution in [3.63, 3.8) is 0 Å². The lowest BCUT2D eigenvalue weighted by molar-refractivity contribution is 0.631. The van der Waals surface area contributed by atoms with Crippen LogP contribution in [0.2, 0.25) is 5.02 Å². The van der Waals surface area contributed by atoms with Crippen LogP contribution in [-0.2, 0) is 0 Å². The third kappa shape index (κ3) is 3.97. The molecule has 3 aromatic carbocycles. The fraction of sp³-hybridized carbons (Fsp3) is 0.200. The molecule has 30 heavy (non-hydrogen) atoms. The standard InChI is InChI=1S/C25H21Cl3FN/c1-14-4-7-17(8-5-14)20-13-19(10-11-22(20)29)30-16(3)23-24(25(23,27)28)18-9-6-15(2)21(26)12-18/h4-13,23-24,30H,3H2,1-2H3. The van der Waals surface area contributed by atoms with Gasteiger partial charge in [-0.25, -0.2) is 4.39 Å². The second-order valence-electron chi connectivity index (χ2n) is 7.85. The Labute approximate surface area is 191 Å². The van der Waals surface area contributed by atoms with E-state index in [0.29, 0.717) is 16.3 Å². The molecule has 1 aliphatic rings. The van der Waals surface area contributed by atoms with Crippen LogP contribution in [0.15, 0.2) is 72.9 Å². The lowest BCUT2D eigenvalue weighted by atomic mass is 10.0. The summed E-state index contributed by atoms with van der Waals surface area (Å²) >= 11 is 19.5. The lowest BCUT2D eigenvalue weighted by Gasteiger charge is -2.12. The normalized spacial score (nSPS) is 19.4. The summed E-state index contributed by atoms with van der Waals surface area (Å²) in [6.07, 6.45) is 0. The first-order valence-electron chi connectivity index (χ1n) is 9.64. The number of rotatable bonds is 5. The predicted molar refractivity (Wildman–Crippen MR) is 126 cm³/mol. The summed E-state index contributed by atoms with van der Waals surface area (Å²) in [4.78, 5) is 0.